The van der Waals surface area contributed by atoms with Crippen LogP contribution in [0.3, 0.4) is 0 Å². The second-order valence-electron chi connectivity index (χ2n) is 6.85. The van der Waals surface area contributed by atoms with Crippen LogP contribution in [0.4, 0.5) is 14.9 Å². The van der Waals surface area contributed by atoms with Crippen molar-refractivity contribution in [3.05, 3.63) is 35.7 Å². The number of anilines is 1. The number of ether oxygens (including phenoxy) is 1. The molecule has 160 valence electrons. The highest BCUT2D eigenvalue weighted by atomic mass is 31.1. The number of hydrogen-bond donors (Lipinski definition) is 2. The Kier molecular flexibility index (Phi) is 6.79. The minimum atomic E-state index is -1.33. The van der Waals surface area contributed by atoms with E-state index in [1.165, 1.54) is 22.9 Å². The van der Waals surface area contributed by atoms with Gasteiger partial charge in [-0.05, 0) is 30.2 Å². The van der Waals surface area contributed by atoms with E-state index in [1.54, 1.807) is 18.2 Å². The number of aliphatic hydroxyl groups is 1. The van der Waals surface area contributed by atoms with Gasteiger partial charge in [0.25, 0.3) is 11.8 Å². The number of carbonyl (C=O) groups is 3. The molecule has 0 unspecified atom stereocenters. The Morgan fingerprint density at radius 3 is 2.80 bits per heavy atom. The molecule has 0 saturated carbocycles. The average molecular weight is 437 g/mol. The lowest BCUT2D eigenvalue weighted by molar-refractivity contribution is -0.138. The zero-order valence-electron chi connectivity index (χ0n) is 16.2. The van der Waals surface area contributed by atoms with Crippen LogP contribution < -0.4 is 10.2 Å². The van der Waals surface area contributed by atoms with Crippen LogP contribution in [0.2, 0.25) is 0 Å². The molecule has 1 aromatic carbocycles. The second kappa shape index (κ2) is 9.32. The van der Waals surface area contributed by atoms with Gasteiger partial charge in [0.05, 0.1) is 18.4 Å². The molecule has 0 bridgehead atoms. The molecule has 2 atom stereocenters. The molecule has 11 heteroatoms. The van der Waals surface area contributed by atoms with Gasteiger partial charge in [0.15, 0.2) is 14.6 Å². The van der Waals surface area contributed by atoms with E-state index in [1.807, 2.05) is 0 Å². The fourth-order valence-electron chi connectivity index (χ4n) is 3.38. The predicted octanol–water partition coefficient (Wildman–Crippen LogP) is 1.17. The summed E-state index contributed by atoms with van der Waals surface area (Å²) < 4.78 is 30.3. The predicted molar refractivity (Wildman–Crippen MR) is 106 cm³/mol. The van der Waals surface area contributed by atoms with Crippen molar-refractivity contribution < 1.29 is 33.2 Å². The van der Waals surface area contributed by atoms with Crippen LogP contribution >= 0.6 is 8.46 Å². The molecule has 2 aliphatic rings. The first kappa shape index (κ1) is 21.9. The number of aliphatic hydroxyl groups excluding tert-OH is 1. The zero-order chi connectivity index (χ0) is 21.8. The molecule has 3 rings (SSSR count). The average Bonchev–Trinajstić information content (AvgIpc) is 3.14. The molecule has 30 heavy (non-hydrogen) atoms. The van der Waals surface area contributed by atoms with Crippen molar-refractivity contribution in [3.63, 3.8) is 0 Å². The van der Waals surface area contributed by atoms with E-state index < -0.39 is 35.9 Å². The van der Waals surface area contributed by atoms with Crippen LogP contribution in [0.25, 0.3) is 5.57 Å². The lowest BCUT2D eigenvalue weighted by Crippen LogP contribution is -2.42. The molecule has 1 fully saturated rings. The van der Waals surface area contributed by atoms with E-state index in [4.69, 9.17) is 4.74 Å². The Hall–Kier alpha value is -2.84. The normalized spacial score (nSPS) is 20.0. The Morgan fingerprint density at radius 2 is 2.20 bits per heavy atom. The summed E-state index contributed by atoms with van der Waals surface area (Å²) in [5, 5.41) is 12.1. The number of benzene rings is 1. The van der Waals surface area contributed by atoms with E-state index in [-0.39, 0.29) is 33.4 Å². The van der Waals surface area contributed by atoms with Gasteiger partial charge in [0.2, 0.25) is 0 Å². The number of likely N-dealkylation sites (N-methyl/N-ethyl adjacent to an activating group) is 1. The minimum absolute atomic E-state index is 0.0117. The first-order valence-corrected chi connectivity index (χ1v) is 10.3. The number of carbonyl (C=O) groups excluding carboxylic acids is 3. The third kappa shape index (κ3) is 4.49. The van der Waals surface area contributed by atoms with E-state index in [2.05, 4.69) is 5.32 Å². The monoisotopic (exact) mass is 437 g/mol. The quantitative estimate of drug-likeness (QED) is 0.646. The molecule has 9 nitrogen and oxygen atoms in total. The number of hydrogen-bond acceptors (Lipinski definition) is 6. The fraction of sp³-hybridized carbons (Fsp3) is 0.421. The lowest BCUT2D eigenvalue weighted by atomic mass is 9.98. The van der Waals surface area contributed by atoms with E-state index in [9.17, 15) is 28.4 Å². The third-order valence-electron chi connectivity index (χ3n) is 5.01. The highest BCUT2D eigenvalue weighted by molar-refractivity contribution is 7.23. The van der Waals surface area contributed by atoms with Crippen LogP contribution in [-0.4, -0.2) is 73.0 Å². The van der Waals surface area contributed by atoms with Gasteiger partial charge >= 0.3 is 6.09 Å². The number of nitrogens with zero attached hydrogens (tertiary/aromatic N) is 2. The van der Waals surface area contributed by atoms with Gasteiger partial charge < -0.3 is 20.1 Å². The molecule has 0 spiro atoms. The lowest BCUT2D eigenvalue weighted by Gasteiger charge is -2.28. The standard InChI is InChI=1S/C19H21FN3O6P/c1-21-17(25)16-9-23(19(27)29-16)12-2-3-13(14(20)8-12)11-4-6-22(7-5-11)18(26)15(24)10-30-28/h2-4,8,15-16,24H,5-7,9-10H2,1H3,(H,21,25)/t15-,16-/m1/s1. The maximum Gasteiger partial charge on any atom is 0.415 e. The number of amides is 3. The molecular weight excluding hydrogens is 416 g/mol. The molecule has 1 saturated heterocycles. The summed E-state index contributed by atoms with van der Waals surface area (Å²) >= 11 is 0. The van der Waals surface area contributed by atoms with Crippen LogP contribution in [0, 0.1) is 5.82 Å². The van der Waals surface area contributed by atoms with Gasteiger partial charge in [-0.15, -0.1) is 0 Å². The molecule has 1 aromatic rings. The summed E-state index contributed by atoms with van der Waals surface area (Å²) in [4.78, 5) is 38.4. The van der Waals surface area contributed by atoms with Crippen molar-refractivity contribution >= 4 is 37.6 Å². The van der Waals surface area contributed by atoms with E-state index >= 15 is 0 Å². The molecule has 0 aliphatic carbocycles. The molecule has 2 N–H and O–H groups in total. The summed E-state index contributed by atoms with van der Waals surface area (Å²) in [5.74, 6) is -1.49. The molecule has 0 aromatic heterocycles. The summed E-state index contributed by atoms with van der Waals surface area (Å²) in [6.45, 7) is 0.488. The van der Waals surface area contributed by atoms with Crippen molar-refractivity contribution in [2.75, 3.05) is 37.7 Å². The maximum absolute atomic E-state index is 14.8. The van der Waals surface area contributed by atoms with Crippen LogP contribution in [0.15, 0.2) is 24.3 Å². The number of cyclic esters (lactones) is 1. The van der Waals surface area contributed by atoms with Gasteiger partial charge in [-0.2, -0.15) is 0 Å². The Bertz CT molecular complexity index is 908. The fourth-order valence-corrected chi connectivity index (χ4v) is 3.67. The van der Waals surface area contributed by atoms with Crippen molar-refractivity contribution in [1.29, 1.82) is 0 Å². The van der Waals surface area contributed by atoms with Crippen LogP contribution in [-0.2, 0) is 18.9 Å². The van der Waals surface area contributed by atoms with Gasteiger partial charge in [0.1, 0.15) is 11.9 Å². The molecule has 2 aliphatic heterocycles. The van der Waals surface area contributed by atoms with Crippen molar-refractivity contribution in [1.82, 2.24) is 10.2 Å². The van der Waals surface area contributed by atoms with Gasteiger partial charge in [-0.1, -0.05) is 6.08 Å². The smallest absolute Gasteiger partial charge is 0.415 e. The highest BCUT2D eigenvalue weighted by Crippen LogP contribution is 2.30. The summed E-state index contributed by atoms with van der Waals surface area (Å²) in [7, 11) is 1.13. The maximum atomic E-state index is 14.8. The van der Waals surface area contributed by atoms with Crippen LogP contribution in [0.1, 0.15) is 12.0 Å². The summed E-state index contributed by atoms with van der Waals surface area (Å²) in [6.07, 6.45) is -1.08. The Labute approximate surface area is 173 Å². The van der Waals surface area contributed by atoms with Gasteiger partial charge in [-0.3, -0.25) is 19.1 Å². The van der Waals surface area contributed by atoms with Crippen molar-refractivity contribution in [2.45, 2.75) is 18.6 Å². The topological polar surface area (TPSA) is 116 Å². The second-order valence-corrected chi connectivity index (χ2v) is 7.48. The Balaban J connectivity index is 1.71. The minimum Gasteiger partial charge on any atom is -0.434 e. The molecule has 0 radical (unpaired) electrons. The largest absolute Gasteiger partial charge is 0.434 e. The Morgan fingerprint density at radius 1 is 1.43 bits per heavy atom. The van der Waals surface area contributed by atoms with Gasteiger partial charge in [-0.25, -0.2) is 9.18 Å². The summed E-state index contributed by atoms with van der Waals surface area (Å²) in [6, 6.07) is 4.32. The first-order chi connectivity index (χ1) is 14.3. The molecule has 3 amide bonds. The summed E-state index contributed by atoms with van der Waals surface area (Å²) in [5.41, 5.74) is 1.33. The van der Waals surface area contributed by atoms with Crippen LogP contribution in [0.5, 0.6) is 0 Å². The van der Waals surface area contributed by atoms with E-state index in [0.717, 1.165) is 0 Å². The van der Waals surface area contributed by atoms with E-state index in [0.29, 0.717) is 24.1 Å². The number of nitrogens with one attached hydrogen (secondary N) is 1. The first-order valence-electron chi connectivity index (χ1n) is 9.30. The number of rotatable bonds is 6. The zero-order valence-corrected chi connectivity index (χ0v) is 17.1. The SMILES string of the molecule is CNC(=O)[C@H]1CN(c2ccc(C3=CCN(C(=O)[C@H](O)CP=O)CC3)c(F)c2)C(=O)O1. The third-order valence-corrected chi connectivity index (χ3v) is 5.51. The van der Waals surface area contributed by atoms with Crippen molar-refractivity contribution in [2.24, 2.45) is 0 Å². The highest BCUT2D eigenvalue weighted by Gasteiger charge is 2.37. The van der Waals surface area contributed by atoms with Gasteiger partial charge in [0, 0.05) is 25.7 Å². The number of halogens is 1. The molecule has 2 heterocycles. The van der Waals surface area contributed by atoms with Crippen molar-refractivity contribution in [3.8, 4) is 0 Å². The molecular formula is C19H21FN3O6P.